The second-order valence-electron chi connectivity index (χ2n) is 4.52. The average molecular weight is 274 g/mol. The van der Waals surface area contributed by atoms with E-state index in [9.17, 15) is 0 Å². The number of unbranched alkanes of at least 4 members (excludes halogenated alkanes) is 3. The first-order chi connectivity index (χ1) is 8.77. The van der Waals surface area contributed by atoms with Gasteiger partial charge in [-0.1, -0.05) is 24.9 Å². The number of aromatic nitrogens is 2. The van der Waals surface area contributed by atoms with E-state index in [1.807, 2.05) is 0 Å². The summed E-state index contributed by atoms with van der Waals surface area (Å²) in [5.74, 6) is 0.985. The lowest BCUT2D eigenvalue weighted by atomic mass is 10.2. The van der Waals surface area contributed by atoms with Crippen LogP contribution >= 0.6 is 11.6 Å². The first kappa shape index (κ1) is 15.5. The Morgan fingerprint density at radius 1 is 1.28 bits per heavy atom. The van der Waals surface area contributed by atoms with Crippen LogP contribution in [-0.4, -0.2) is 28.2 Å². The Hall–Kier alpha value is -0.580. The molecule has 0 unspecified atom stereocenters. The third-order valence-corrected chi connectivity index (χ3v) is 3.17. The van der Waals surface area contributed by atoms with Crippen molar-refractivity contribution in [1.29, 1.82) is 0 Å². The SMILES string of the molecule is CCCCc1nc(Cl)c(CNCCCCCO)[nH]1. The maximum atomic E-state index is 8.66. The van der Waals surface area contributed by atoms with Crippen molar-refractivity contribution in [3.05, 3.63) is 16.7 Å². The predicted octanol–water partition coefficient (Wildman–Crippen LogP) is 2.66. The molecule has 0 saturated carbocycles. The number of aliphatic hydroxyl groups excluding tert-OH is 1. The average Bonchev–Trinajstić information content (AvgIpc) is 2.72. The molecule has 18 heavy (non-hydrogen) atoms. The van der Waals surface area contributed by atoms with Gasteiger partial charge in [0, 0.05) is 19.6 Å². The molecule has 0 aliphatic rings. The Kier molecular flexibility index (Phi) is 8.05. The van der Waals surface area contributed by atoms with Gasteiger partial charge in [-0.3, -0.25) is 0 Å². The highest BCUT2D eigenvalue weighted by Crippen LogP contribution is 2.13. The van der Waals surface area contributed by atoms with Crippen molar-refractivity contribution in [2.45, 2.75) is 52.0 Å². The van der Waals surface area contributed by atoms with Crippen LogP contribution in [0.4, 0.5) is 0 Å². The maximum Gasteiger partial charge on any atom is 0.151 e. The first-order valence-corrected chi connectivity index (χ1v) is 7.20. The third-order valence-electron chi connectivity index (χ3n) is 2.86. The van der Waals surface area contributed by atoms with Crippen molar-refractivity contribution in [1.82, 2.24) is 15.3 Å². The predicted molar refractivity (Wildman–Crippen MR) is 74.9 cm³/mol. The zero-order chi connectivity index (χ0) is 13.2. The molecule has 104 valence electrons. The number of aliphatic hydroxyl groups is 1. The molecule has 1 rings (SSSR count). The monoisotopic (exact) mass is 273 g/mol. The normalized spacial score (nSPS) is 11.1. The number of halogens is 1. The number of hydrogen-bond acceptors (Lipinski definition) is 3. The van der Waals surface area contributed by atoms with Crippen LogP contribution in [0.3, 0.4) is 0 Å². The largest absolute Gasteiger partial charge is 0.396 e. The van der Waals surface area contributed by atoms with Crippen molar-refractivity contribution in [3.8, 4) is 0 Å². The van der Waals surface area contributed by atoms with Gasteiger partial charge in [-0.05, 0) is 32.2 Å². The van der Waals surface area contributed by atoms with Crippen molar-refractivity contribution in [3.63, 3.8) is 0 Å². The van der Waals surface area contributed by atoms with E-state index in [1.165, 1.54) is 0 Å². The fourth-order valence-corrected chi connectivity index (χ4v) is 1.99. The van der Waals surface area contributed by atoms with Gasteiger partial charge in [0.05, 0.1) is 5.69 Å². The molecule has 4 nitrogen and oxygen atoms in total. The summed E-state index contributed by atoms with van der Waals surface area (Å²) in [7, 11) is 0. The van der Waals surface area contributed by atoms with E-state index in [0.29, 0.717) is 5.15 Å². The molecular formula is C13H24ClN3O. The number of H-pyrrole nitrogens is 1. The standard InChI is InChI=1S/C13H24ClN3O/c1-2-3-7-12-16-11(13(14)17-12)10-15-8-5-4-6-9-18/h15,18H,2-10H2,1H3,(H,16,17). The van der Waals surface area contributed by atoms with E-state index < -0.39 is 0 Å². The van der Waals surface area contributed by atoms with Crippen LogP contribution in [0.25, 0.3) is 0 Å². The van der Waals surface area contributed by atoms with Crippen LogP contribution in [-0.2, 0) is 13.0 Å². The molecule has 3 N–H and O–H groups in total. The lowest BCUT2D eigenvalue weighted by molar-refractivity contribution is 0.283. The fourth-order valence-electron chi connectivity index (χ4n) is 1.77. The van der Waals surface area contributed by atoms with Crippen LogP contribution in [0.2, 0.25) is 5.15 Å². The Balaban J connectivity index is 2.22. The number of aromatic amines is 1. The van der Waals surface area contributed by atoms with E-state index >= 15 is 0 Å². The zero-order valence-corrected chi connectivity index (χ0v) is 11.9. The highest BCUT2D eigenvalue weighted by Gasteiger charge is 2.07. The van der Waals surface area contributed by atoms with Gasteiger partial charge in [0.15, 0.2) is 5.15 Å². The molecule has 0 fully saturated rings. The van der Waals surface area contributed by atoms with Gasteiger partial charge in [-0.2, -0.15) is 0 Å². The first-order valence-electron chi connectivity index (χ1n) is 6.82. The molecule has 0 radical (unpaired) electrons. The summed E-state index contributed by atoms with van der Waals surface area (Å²) in [5.41, 5.74) is 0.977. The molecule has 0 spiro atoms. The van der Waals surface area contributed by atoms with Gasteiger partial charge in [-0.25, -0.2) is 4.98 Å². The topological polar surface area (TPSA) is 60.9 Å². The van der Waals surface area contributed by atoms with Crippen LogP contribution in [0.15, 0.2) is 0 Å². The highest BCUT2D eigenvalue weighted by atomic mass is 35.5. The minimum atomic E-state index is 0.285. The quantitative estimate of drug-likeness (QED) is 0.575. The second-order valence-corrected chi connectivity index (χ2v) is 4.88. The Bertz CT molecular complexity index is 328. The van der Waals surface area contributed by atoms with Gasteiger partial charge >= 0.3 is 0 Å². The summed E-state index contributed by atoms with van der Waals surface area (Å²) >= 11 is 6.07. The summed E-state index contributed by atoms with van der Waals surface area (Å²) in [5, 5.41) is 12.6. The number of rotatable bonds is 10. The minimum absolute atomic E-state index is 0.285. The molecule has 0 amide bonds. The van der Waals surface area contributed by atoms with Gasteiger partial charge in [-0.15, -0.1) is 0 Å². The minimum Gasteiger partial charge on any atom is -0.396 e. The summed E-state index contributed by atoms with van der Waals surface area (Å²) < 4.78 is 0. The number of imidazole rings is 1. The number of nitrogens with zero attached hydrogens (tertiary/aromatic N) is 1. The second kappa shape index (κ2) is 9.36. The van der Waals surface area contributed by atoms with Crippen LogP contribution < -0.4 is 5.32 Å². The molecular weight excluding hydrogens is 250 g/mol. The summed E-state index contributed by atoms with van der Waals surface area (Å²) in [6.45, 7) is 4.13. The molecule has 1 heterocycles. The molecule has 1 aromatic heterocycles. The fraction of sp³-hybridized carbons (Fsp3) is 0.769. The van der Waals surface area contributed by atoms with Gasteiger partial charge in [0.1, 0.15) is 5.82 Å². The van der Waals surface area contributed by atoms with Crippen molar-refractivity contribution in [2.75, 3.05) is 13.2 Å². The summed E-state index contributed by atoms with van der Waals surface area (Å²) in [6.07, 6.45) is 6.28. The van der Waals surface area contributed by atoms with Crippen molar-refractivity contribution in [2.24, 2.45) is 0 Å². The summed E-state index contributed by atoms with van der Waals surface area (Å²) in [6, 6.07) is 0. The van der Waals surface area contributed by atoms with Crippen molar-refractivity contribution < 1.29 is 5.11 Å². The molecule has 0 bridgehead atoms. The molecule has 0 aliphatic carbocycles. The molecule has 5 heteroatoms. The molecule has 0 aliphatic heterocycles. The van der Waals surface area contributed by atoms with Crippen molar-refractivity contribution >= 4 is 11.6 Å². The molecule has 0 saturated heterocycles. The Morgan fingerprint density at radius 2 is 2.11 bits per heavy atom. The zero-order valence-electron chi connectivity index (χ0n) is 11.1. The lowest BCUT2D eigenvalue weighted by Crippen LogP contribution is -2.15. The molecule has 0 aromatic carbocycles. The van der Waals surface area contributed by atoms with Crippen LogP contribution in [0.1, 0.15) is 50.5 Å². The Labute approximate surface area is 114 Å². The number of hydrogen-bond donors (Lipinski definition) is 3. The van der Waals surface area contributed by atoms with Gasteiger partial charge in [0.2, 0.25) is 0 Å². The number of nitrogens with one attached hydrogen (secondary N) is 2. The molecule has 1 aromatic rings. The van der Waals surface area contributed by atoms with E-state index in [4.69, 9.17) is 16.7 Å². The smallest absolute Gasteiger partial charge is 0.151 e. The summed E-state index contributed by atoms with van der Waals surface area (Å²) in [4.78, 5) is 7.59. The van der Waals surface area contributed by atoms with E-state index in [2.05, 4.69) is 22.2 Å². The molecule has 0 atom stereocenters. The van der Waals surface area contributed by atoms with Crippen LogP contribution in [0.5, 0.6) is 0 Å². The maximum absolute atomic E-state index is 8.66. The van der Waals surface area contributed by atoms with Gasteiger partial charge in [0.25, 0.3) is 0 Å². The van der Waals surface area contributed by atoms with E-state index in [0.717, 1.165) is 63.1 Å². The van der Waals surface area contributed by atoms with E-state index in [-0.39, 0.29) is 6.61 Å². The highest BCUT2D eigenvalue weighted by molar-refractivity contribution is 6.30. The lowest BCUT2D eigenvalue weighted by Gasteiger charge is -2.02. The van der Waals surface area contributed by atoms with E-state index in [1.54, 1.807) is 0 Å². The Morgan fingerprint density at radius 3 is 2.83 bits per heavy atom. The van der Waals surface area contributed by atoms with Crippen LogP contribution in [0, 0.1) is 0 Å². The number of aryl methyl sites for hydroxylation is 1. The third kappa shape index (κ3) is 5.85. The van der Waals surface area contributed by atoms with Gasteiger partial charge < -0.3 is 15.4 Å².